The fourth-order valence-electron chi connectivity index (χ4n) is 10.7. The minimum atomic E-state index is -0.576. The van der Waals surface area contributed by atoms with E-state index in [1.165, 1.54) is 12.1 Å². The van der Waals surface area contributed by atoms with Gasteiger partial charge in [0.25, 0.3) is 0 Å². The number of unbranched alkanes of at least 4 members (excludes halogenated alkanes) is 3. The first-order valence-corrected chi connectivity index (χ1v) is 27.2. The summed E-state index contributed by atoms with van der Waals surface area (Å²) in [6.45, 7) is 14.2. The second-order valence-corrected chi connectivity index (χ2v) is 21.6. The normalized spacial score (nSPS) is 18.8. The van der Waals surface area contributed by atoms with Crippen molar-refractivity contribution in [3.63, 3.8) is 0 Å². The molecular weight excluding hydrogens is 919 g/mol. The van der Waals surface area contributed by atoms with Gasteiger partial charge in [0.2, 0.25) is 0 Å². The number of nitrogens with two attached hydrogens (primary N) is 3. The van der Waals surface area contributed by atoms with E-state index in [4.69, 9.17) is 45.6 Å². The van der Waals surface area contributed by atoms with Gasteiger partial charge in [-0.05, 0) is 146 Å². The molecule has 15 nitrogen and oxygen atoms in total. The first kappa shape index (κ1) is 60.0. The monoisotopic (exact) mass is 1010 g/mol. The SMILES string of the molecule is C=C(C)[C@@H]1CCC(C)=C[C@H]1c1c(OC(=O)CCCCOC(=O)C[C@@H](CN)CC(C)C)cc(OC(=O)CCCCOC(=O)CC2(CN)CCCCC2)cc1OC(=O)CCCCOC(=O)CC1(CN)CCCCC1. The van der Waals surface area contributed by atoms with Gasteiger partial charge in [-0.1, -0.05) is 76.2 Å². The van der Waals surface area contributed by atoms with Gasteiger partial charge in [-0.2, -0.15) is 0 Å². The lowest BCUT2D eigenvalue weighted by Crippen LogP contribution is -2.35. The van der Waals surface area contributed by atoms with Gasteiger partial charge < -0.3 is 45.6 Å². The molecule has 2 fully saturated rings. The largest absolute Gasteiger partial charge is 0.466 e. The number of hydrogen-bond acceptors (Lipinski definition) is 15. The van der Waals surface area contributed by atoms with Crippen molar-refractivity contribution < 1.29 is 57.2 Å². The van der Waals surface area contributed by atoms with Crippen LogP contribution in [0.3, 0.4) is 0 Å². The Bertz CT molecular complexity index is 1970. The summed E-state index contributed by atoms with van der Waals surface area (Å²) < 4.78 is 34.7. The molecule has 0 spiro atoms. The van der Waals surface area contributed by atoms with E-state index in [1.807, 2.05) is 13.8 Å². The van der Waals surface area contributed by atoms with E-state index in [9.17, 15) is 28.8 Å². The smallest absolute Gasteiger partial charge is 0.311 e. The second-order valence-electron chi connectivity index (χ2n) is 21.6. The fraction of sp³-hybridized carbons (Fsp3) is 0.719. The van der Waals surface area contributed by atoms with Gasteiger partial charge in [-0.15, -0.1) is 0 Å². The van der Waals surface area contributed by atoms with Crippen LogP contribution in [-0.2, 0) is 43.0 Å². The maximum atomic E-state index is 13.7. The quantitative estimate of drug-likeness (QED) is 0.0206. The molecule has 0 heterocycles. The summed E-state index contributed by atoms with van der Waals surface area (Å²) in [7, 11) is 0. The standard InChI is InChI=1S/C57H89N3O12/c1-40(2)30-43(37-58)32-52(64)67-27-15-9-19-50(62)71-47-33-44(70-49(61)18-8-16-28-68-53(65)35-56(38-59)23-11-6-12-24-56)34-48(55(47)46-31-42(5)21-22-45(46)41(3)4)72-51(63)20-10-17-29-69-54(66)36-57(39-60)25-13-7-14-26-57/h31,33-34,40,43,45-46H,3,6-30,32,35-39,58-60H2,1-2,4-5H3/t43-,45-,46+/m0/s1. The molecule has 3 atom stereocenters. The van der Waals surface area contributed by atoms with Gasteiger partial charge in [0.1, 0.15) is 17.2 Å². The van der Waals surface area contributed by atoms with E-state index in [-0.39, 0.29) is 110 Å². The number of ether oxygens (including phenoxy) is 6. The third-order valence-corrected chi connectivity index (χ3v) is 14.9. The molecule has 0 saturated heterocycles. The molecule has 1 aromatic rings. The minimum Gasteiger partial charge on any atom is -0.466 e. The molecule has 3 aliphatic rings. The molecular formula is C57H89N3O12. The van der Waals surface area contributed by atoms with Crippen LogP contribution in [0.25, 0.3) is 0 Å². The fourth-order valence-corrected chi connectivity index (χ4v) is 10.7. The number of carbonyl (C=O) groups excluding carboxylic acids is 6. The maximum Gasteiger partial charge on any atom is 0.311 e. The zero-order valence-electron chi connectivity index (χ0n) is 44.3. The molecule has 2 saturated carbocycles. The van der Waals surface area contributed by atoms with Crippen molar-refractivity contribution in [2.24, 2.45) is 45.8 Å². The summed E-state index contributed by atoms with van der Waals surface area (Å²) in [5.74, 6) is -2.45. The van der Waals surface area contributed by atoms with E-state index < -0.39 is 23.8 Å². The molecule has 0 unspecified atom stereocenters. The predicted octanol–water partition coefficient (Wildman–Crippen LogP) is 10.2. The van der Waals surface area contributed by atoms with E-state index >= 15 is 0 Å². The van der Waals surface area contributed by atoms with Crippen molar-refractivity contribution in [3.8, 4) is 17.2 Å². The van der Waals surface area contributed by atoms with Crippen LogP contribution in [0.15, 0.2) is 35.9 Å². The predicted molar refractivity (Wildman–Crippen MR) is 277 cm³/mol. The minimum absolute atomic E-state index is 0.000722. The molecule has 4 rings (SSSR count). The first-order valence-electron chi connectivity index (χ1n) is 27.2. The Kier molecular flexibility index (Phi) is 26.0. The molecule has 15 heteroatoms. The highest BCUT2D eigenvalue weighted by atomic mass is 16.6. The lowest BCUT2D eigenvalue weighted by molar-refractivity contribution is -0.148. The number of hydrogen-bond donors (Lipinski definition) is 3. The summed E-state index contributed by atoms with van der Waals surface area (Å²) in [5.41, 5.74) is 20.1. The maximum absolute atomic E-state index is 13.7. The van der Waals surface area contributed by atoms with Gasteiger partial charge in [-0.3, -0.25) is 28.8 Å². The molecule has 0 aromatic heterocycles. The zero-order chi connectivity index (χ0) is 52.5. The van der Waals surface area contributed by atoms with Crippen LogP contribution in [-0.4, -0.2) is 75.3 Å². The van der Waals surface area contributed by atoms with Crippen LogP contribution in [0.1, 0.15) is 200 Å². The number of rotatable bonds is 31. The summed E-state index contributed by atoms with van der Waals surface area (Å²) in [4.78, 5) is 78.9. The van der Waals surface area contributed by atoms with E-state index in [2.05, 4.69) is 26.5 Å². The van der Waals surface area contributed by atoms with Gasteiger partial charge >= 0.3 is 35.8 Å². The Morgan fingerprint density at radius 3 is 1.50 bits per heavy atom. The summed E-state index contributed by atoms with van der Waals surface area (Å²) in [5, 5.41) is 0. The van der Waals surface area contributed by atoms with Gasteiger partial charge in [0.05, 0.1) is 32.7 Å². The number of esters is 6. The first-order chi connectivity index (χ1) is 34.5. The van der Waals surface area contributed by atoms with E-state index in [1.54, 1.807) is 0 Å². The average Bonchev–Trinajstić information content (AvgIpc) is 3.33. The van der Waals surface area contributed by atoms with Crippen molar-refractivity contribution >= 4 is 35.8 Å². The van der Waals surface area contributed by atoms with Crippen molar-refractivity contribution in [3.05, 3.63) is 41.5 Å². The van der Waals surface area contributed by atoms with E-state index in [0.29, 0.717) is 76.1 Å². The highest BCUT2D eigenvalue weighted by Gasteiger charge is 2.36. The van der Waals surface area contributed by atoms with Crippen LogP contribution in [0.4, 0.5) is 0 Å². The average molecular weight is 1010 g/mol. The van der Waals surface area contributed by atoms with Crippen LogP contribution >= 0.6 is 0 Å². The number of allylic oxidation sites excluding steroid dienone is 3. The van der Waals surface area contributed by atoms with Crippen LogP contribution < -0.4 is 31.4 Å². The van der Waals surface area contributed by atoms with Crippen LogP contribution in [0.2, 0.25) is 0 Å². The van der Waals surface area contributed by atoms with Gasteiger partial charge in [0, 0.05) is 49.3 Å². The van der Waals surface area contributed by atoms with Crippen molar-refractivity contribution in [1.82, 2.24) is 0 Å². The Morgan fingerprint density at radius 1 is 0.639 bits per heavy atom. The summed E-state index contributed by atoms with van der Waals surface area (Å²) in [6, 6.07) is 2.97. The third-order valence-electron chi connectivity index (χ3n) is 14.9. The van der Waals surface area contributed by atoms with Crippen LogP contribution in [0.5, 0.6) is 17.2 Å². The van der Waals surface area contributed by atoms with Crippen molar-refractivity contribution in [2.75, 3.05) is 39.5 Å². The molecule has 6 N–H and O–H groups in total. The molecule has 0 amide bonds. The van der Waals surface area contributed by atoms with Gasteiger partial charge in [-0.25, -0.2) is 0 Å². The Labute approximate surface area is 429 Å². The second kappa shape index (κ2) is 31.2. The third kappa shape index (κ3) is 20.7. The van der Waals surface area contributed by atoms with Gasteiger partial charge in [0.15, 0.2) is 0 Å². The topological polar surface area (TPSA) is 236 Å². The molecule has 72 heavy (non-hydrogen) atoms. The Hall–Kier alpha value is -4.60. The molecule has 0 aliphatic heterocycles. The zero-order valence-corrected chi connectivity index (χ0v) is 44.3. The highest BCUT2D eigenvalue weighted by Crippen LogP contribution is 2.49. The van der Waals surface area contributed by atoms with E-state index in [0.717, 1.165) is 94.6 Å². The molecule has 0 bridgehead atoms. The van der Waals surface area contributed by atoms with Crippen molar-refractivity contribution in [1.29, 1.82) is 0 Å². The molecule has 404 valence electrons. The lowest BCUT2D eigenvalue weighted by atomic mass is 9.72. The molecule has 3 aliphatic carbocycles. The molecule has 0 radical (unpaired) electrons. The molecule has 1 aromatic carbocycles. The number of benzene rings is 1. The highest BCUT2D eigenvalue weighted by molar-refractivity contribution is 5.78. The summed E-state index contributed by atoms with van der Waals surface area (Å²) >= 11 is 0. The summed E-state index contributed by atoms with van der Waals surface area (Å²) in [6.07, 6.45) is 17.9. The van der Waals surface area contributed by atoms with Crippen molar-refractivity contribution in [2.45, 2.75) is 194 Å². The number of carbonyl (C=O) groups is 6. The lowest BCUT2D eigenvalue weighted by Gasteiger charge is -2.35. The van der Waals surface area contributed by atoms with Crippen LogP contribution in [0, 0.1) is 28.6 Å². The Balaban J connectivity index is 1.48. The Morgan fingerprint density at radius 2 is 1.08 bits per heavy atom.